The Kier molecular flexibility index (Phi) is 4.52. The zero-order valence-electron chi connectivity index (χ0n) is 13.2. The Morgan fingerprint density at radius 1 is 1.13 bits per heavy atom. The summed E-state index contributed by atoms with van der Waals surface area (Å²) in [5.74, 6) is 2.34. The molecule has 0 spiro atoms. The van der Waals surface area contributed by atoms with Crippen LogP contribution >= 0.6 is 0 Å². The molecule has 0 aliphatic rings. The van der Waals surface area contributed by atoms with Crippen LogP contribution in [-0.4, -0.2) is 15.2 Å². The van der Waals surface area contributed by atoms with Gasteiger partial charge in [-0.3, -0.25) is 0 Å². The van der Waals surface area contributed by atoms with Gasteiger partial charge in [0.25, 0.3) is 0 Å². The fourth-order valence-electron chi connectivity index (χ4n) is 2.27. The van der Waals surface area contributed by atoms with Crippen molar-refractivity contribution in [1.29, 1.82) is 0 Å². The number of furan rings is 1. The quantitative estimate of drug-likeness (QED) is 0.718. The van der Waals surface area contributed by atoms with E-state index in [9.17, 15) is 0 Å². The first-order chi connectivity index (χ1) is 11.2. The van der Waals surface area contributed by atoms with Crippen molar-refractivity contribution in [2.45, 2.75) is 26.3 Å². The monoisotopic (exact) mass is 309 g/mol. The number of nitrogens with zero attached hydrogens (tertiary/aromatic N) is 3. The Morgan fingerprint density at radius 2 is 2.00 bits per heavy atom. The number of aromatic nitrogens is 3. The molecule has 0 unspecified atom stereocenters. The summed E-state index contributed by atoms with van der Waals surface area (Å²) in [5.41, 5.74) is 2.26. The van der Waals surface area contributed by atoms with E-state index in [1.54, 1.807) is 12.5 Å². The number of para-hydroxylation sites is 1. The highest BCUT2D eigenvalue weighted by Gasteiger charge is 2.08. The predicted octanol–water partition coefficient (Wildman–Crippen LogP) is 3.94. The third kappa shape index (κ3) is 3.85. The second-order valence-electron chi connectivity index (χ2n) is 5.47. The first-order valence-electron chi connectivity index (χ1n) is 7.54. The van der Waals surface area contributed by atoms with Gasteiger partial charge in [0.15, 0.2) is 5.82 Å². The molecule has 0 bridgehead atoms. The SMILES string of the molecule is CC(C)c1ccccc1Nc1cnnc(NCc2ccco2)n1. The molecule has 23 heavy (non-hydrogen) atoms. The molecular formula is C17H19N5O. The topological polar surface area (TPSA) is 75.9 Å². The summed E-state index contributed by atoms with van der Waals surface area (Å²) in [6.45, 7) is 4.84. The fraction of sp³-hybridized carbons (Fsp3) is 0.235. The summed E-state index contributed by atoms with van der Waals surface area (Å²) >= 11 is 0. The van der Waals surface area contributed by atoms with Gasteiger partial charge in [-0.05, 0) is 29.7 Å². The first-order valence-corrected chi connectivity index (χ1v) is 7.54. The van der Waals surface area contributed by atoms with E-state index < -0.39 is 0 Å². The van der Waals surface area contributed by atoms with Crippen LogP contribution in [0.1, 0.15) is 31.1 Å². The number of nitrogens with one attached hydrogen (secondary N) is 2. The Bertz CT molecular complexity index is 755. The number of hydrogen-bond donors (Lipinski definition) is 2. The number of benzene rings is 1. The molecule has 0 amide bonds. The second kappa shape index (κ2) is 6.91. The van der Waals surface area contributed by atoms with Gasteiger partial charge in [-0.1, -0.05) is 32.0 Å². The van der Waals surface area contributed by atoms with Crippen LogP contribution in [-0.2, 0) is 6.54 Å². The Balaban J connectivity index is 1.73. The summed E-state index contributed by atoms with van der Waals surface area (Å²) in [5, 5.41) is 14.4. The van der Waals surface area contributed by atoms with E-state index in [-0.39, 0.29) is 0 Å². The lowest BCUT2D eigenvalue weighted by Crippen LogP contribution is -2.06. The van der Waals surface area contributed by atoms with Crippen LogP contribution in [0.15, 0.2) is 53.3 Å². The Morgan fingerprint density at radius 3 is 2.78 bits per heavy atom. The summed E-state index contributed by atoms with van der Waals surface area (Å²) < 4.78 is 5.27. The molecule has 0 fully saturated rings. The van der Waals surface area contributed by atoms with Crippen molar-refractivity contribution >= 4 is 17.5 Å². The largest absolute Gasteiger partial charge is 0.467 e. The number of hydrogen-bond acceptors (Lipinski definition) is 6. The minimum absolute atomic E-state index is 0.421. The minimum atomic E-state index is 0.421. The van der Waals surface area contributed by atoms with Gasteiger partial charge >= 0.3 is 0 Å². The Hall–Kier alpha value is -2.89. The molecule has 3 rings (SSSR count). The van der Waals surface area contributed by atoms with Crippen molar-refractivity contribution in [3.05, 3.63) is 60.2 Å². The molecule has 1 aromatic carbocycles. The molecule has 0 radical (unpaired) electrons. The highest BCUT2D eigenvalue weighted by atomic mass is 16.3. The normalized spacial score (nSPS) is 10.7. The molecule has 6 heteroatoms. The van der Waals surface area contributed by atoms with Gasteiger partial charge in [0.05, 0.1) is 19.0 Å². The van der Waals surface area contributed by atoms with Crippen molar-refractivity contribution < 1.29 is 4.42 Å². The average molecular weight is 309 g/mol. The van der Waals surface area contributed by atoms with Gasteiger partial charge in [-0.25, -0.2) is 0 Å². The van der Waals surface area contributed by atoms with E-state index in [4.69, 9.17) is 4.42 Å². The number of anilines is 3. The van der Waals surface area contributed by atoms with Crippen LogP contribution in [0.3, 0.4) is 0 Å². The molecule has 0 aliphatic carbocycles. The van der Waals surface area contributed by atoms with Crippen molar-refractivity contribution in [1.82, 2.24) is 15.2 Å². The van der Waals surface area contributed by atoms with E-state index >= 15 is 0 Å². The highest BCUT2D eigenvalue weighted by Crippen LogP contribution is 2.26. The molecule has 0 atom stereocenters. The fourth-order valence-corrected chi connectivity index (χ4v) is 2.27. The van der Waals surface area contributed by atoms with Gasteiger partial charge < -0.3 is 15.1 Å². The van der Waals surface area contributed by atoms with E-state index in [0.29, 0.717) is 24.2 Å². The lowest BCUT2D eigenvalue weighted by atomic mass is 10.0. The minimum Gasteiger partial charge on any atom is -0.467 e. The summed E-state index contributed by atoms with van der Waals surface area (Å²) in [7, 11) is 0. The van der Waals surface area contributed by atoms with Crippen LogP contribution in [0, 0.1) is 0 Å². The highest BCUT2D eigenvalue weighted by molar-refractivity contribution is 5.61. The van der Waals surface area contributed by atoms with E-state index in [2.05, 4.69) is 45.7 Å². The average Bonchev–Trinajstić information content (AvgIpc) is 3.07. The van der Waals surface area contributed by atoms with Crippen LogP contribution in [0.25, 0.3) is 0 Å². The molecule has 2 N–H and O–H groups in total. The van der Waals surface area contributed by atoms with E-state index in [1.807, 2.05) is 30.3 Å². The maximum atomic E-state index is 5.27. The predicted molar refractivity (Wildman–Crippen MR) is 89.7 cm³/mol. The van der Waals surface area contributed by atoms with Gasteiger partial charge in [-0.15, -0.1) is 5.10 Å². The molecule has 3 aromatic rings. The molecule has 2 aromatic heterocycles. The molecule has 2 heterocycles. The van der Waals surface area contributed by atoms with Crippen molar-refractivity contribution in [2.75, 3.05) is 10.6 Å². The van der Waals surface area contributed by atoms with Crippen LogP contribution in [0.2, 0.25) is 0 Å². The maximum absolute atomic E-state index is 5.27. The number of rotatable bonds is 6. The van der Waals surface area contributed by atoms with Gasteiger partial charge in [0.2, 0.25) is 5.95 Å². The zero-order valence-corrected chi connectivity index (χ0v) is 13.2. The van der Waals surface area contributed by atoms with Crippen molar-refractivity contribution in [3.63, 3.8) is 0 Å². The lowest BCUT2D eigenvalue weighted by Gasteiger charge is -2.14. The smallest absolute Gasteiger partial charge is 0.245 e. The zero-order chi connectivity index (χ0) is 16.1. The van der Waals surface area contributed by atoms with Crippen molar-refractivity contribution in [2.24, 2.45) is 0 Å². The molecular weight excluding hydrogens is 290 g/mol. The molecule has 0 aliphatic heterocycles. The first kappa shape index (κ1) is 15.0. The second-order valence-corrected chi connectivity index (χ2v) is 5.47. The maximum Gasteiger partial charge on any atom is 0.245 e. The third-order valence-electron chi connectivity index (χ3n) is 3.41. The Labute approximate surface area is 135 Å². The summed E-state index contributed by atoms with van der Waals surface area (Å²) in [4.78, 5) is 4.43. The molecule has 0 saturated carbocycles. The van der Waals surface area contributed by atoms with Crippen LogP contribution < -0.4 is 10.6 Å². The molecule has 6 nitrogen and oxygen atoms in total. The van der Waals surface area contributed by atoms with Crippen molar-refractivity contribution in [3.8, 4) is 0 Å². The molecule has 118 valence electrons. The third-order valence-corrected chi connectivity index (χ3v) is 3.41. The van der Waals surface area contributed by atoms with Gasteiger partial charge in [-0.2, -0.15) is 10.1 Å². The van der Waals surface area contributed by atoms with Crippen LogP contribution in [0.4, 0.5) is 17.5 Å². The van der Waals surface area contributed by atoms with E-state index in [1.165, 1.54) is 5.56 Å². The molecule has 0 saturated heterocycles. The van der Waals surface area contributed by atoms with Gasteiger partial charge in [0.1, 0.15) is 5.76 Å². The van der Waals surface area contributed by atoms with Crippen LogP contribution in [0.5, 0.6) is 0 Å². The summed E-state index contributed by atoms with van der Waals surface area (Å²) in [6, 6.07) is 11.9. The van der Waals surface area contributed by atoms with E-state index in [0.717, 1.165) is 11.4 Å². The standard InChI is InChI=1S/C17H19N5O/c1-12(2)14-7-3-4-8-15(14)20-16-11-19-22-17(21-16)18-10-13-6-5-9-23-13/h3-9,11-12H,10H2,1-2H3,(H2,18,20,21,22). The van der Waals surface area contributed by atoms with Gasteiger partial charge in [0, 0.05) is 5.69 Å². The lowest BCUT2D eigenvalue weighted by molar-refractivity contribution is 0.517. The summed E-state index contributed by atoms with van der Waals surface area (Å²) in [6.07, 6.45) is 3.24.